The Balaban J connectivity index is 0.984. The molecule has 258 valence electrons. The molecule has 0 saturated heterocycles. The van der Waals surface area contributed by atoms with E-state index >= 15 is 0 Å². The maximum atomic E-state index is 2.37. The van der Waals surface area contributed by atoms with E-state index in [9.17, 15) is 0 Å². The maximum Gasteiger partial charge on any atom is 0.0467 e. The van der Waals surface area contributed by atoms with Crippen molar-refractivity contribution in [1.29, 1.82) is 0 Å². The van der Waals surface area contributed by atoms with Gasteiger partial charge in [-0.2, -0.15) is 0 Å². The average molecular weight is 736 g/mol. The molecule has 0 saturated carbocycles. The summed E-state index contributed by atoms with van der Waals surface area (Å²) in [4.78, 5) is 2.37. The van der Waals surface area contributed by atoms with Gasteiger partial charge in [0.1, 0.15) is 0 Å². The molecule has 9 aromatic carbocycles. The lowest BCUT2D eigenvalue weighted by molar-refractivity contribution is 1.28. The number of benzene rings is 9. The molecule has 2 aromatic heterocycles. The van der Waals surface area contributed by atoms with Gasteiger partial charge in [-0.25, -0.2) is 0 Å². The van der Waals surface area contributed by atoms with Crippen LogP contribution in [-0.4, -0.2) is 0 Å². The van der Waals surface area contributed by atoms with E-state index in [1.165, 1.54) is 84.5 Å². The summed E-state index contributed by atoms with van der Waals surface area (Å²) in [5.74, 6) is 0. The number of rotatable bonds is 6. The number of nitrogens with zero attached hydrogens (tertiary/aromatic N) is 1. The maximum absolute atomic E-state index is 2.37. The molecule has 0 bridgehead atoms. The van der Waals surface area contributed by atoms with E-state index < -0.39 is 0 Å². The zero-order valence-electron chi connectivity index (χ0n) is 29.8. The zero-order chi connectivity index (χ0) is 36.3. The molecule has 0 amide bonds. The molecule has 0 unspecified atom stereocenters. The van der Waals surface area contributed by atoms with Crippen molar-refractivity contribution in [2.75, 3.05) is 4.90 Å². The Morgan fingerprint density at radius 1 is 0.291 bits per heavy atom. The quantitative estimate of drug-likeness (QED) is 0.164. The Kier molecular flexibility index (Phi) is 7.61. The first-order chi connectivity index (χ1) is 27.2. The Hall–Kier alpha value is -6.52. The van der Waals surface area contributed by atoms with Gasteiger partial charge < -0.3 is 4.90 Å². The third-order valence-corrected chi connectivity index (χ3v) is 13.3. The molecule has 0 aliphatic carbocycles. The average Bonchev–Trinajstić information content (AvgIpc) is 3.84. The lowest BCUT2D eigenvalue weighted by Crippen LogP contribution is -2.10. The van der Waals surface area contributed by atoms with Gasteiger partial charge in [0.2, 0.25) is 0 Å². The van der Waals surface area contributed by atoms with Gasteiger partial charge in [0, 0.05) is 57.4 Å². The van der Waals surface area contributed by atoms with Crippen LogP contribution in [0.25, 0.3) is 84.5 Å². The van der Waals surface area contributed by atoms with Crippen LogP contribution in [0.5, 0.6) is 0 Å². The first-order valence-corrected chi connectivity index (χ1v) is 20.3. The summed E-state index contributed by atoms with van der Waals surface area (Å²) in [6, 6.07) is 73.3. The molecule has 3 heteroatoms. The van der Waals surface area contributed by atoms with E-state index in [-0.39, 0.29) is 0 Å². The second-order valence-electron chi connectivity index (χ2n) is 14.1. The second-order valence-corrected chi connectivity index (χ2v) is 16.2. The van der Waals surface area contributed by atoms with E-state index in [2.05, 4.69) is 205 Å². The largest absolute Gasteiger partial charge is 0.310 e. The van der Waals surface area contributed by atoms with Crippen LogP contribution in [-0.2, 0) is 0 Å². The number of thiophene rings is 2. The molecule has 0 N–H and O–H groups in total. The molecule has 11 rings (SSSR count). The number of anilines is 3. The third-order valence-electron chi connectivity index (χ3n) is 10.9. The fraction of sp³-hybridized carbons (Fsp3) is 0. The van der Waals surface area contributed by atoms with E-state index in [4.69, 9.17) is 0 Å². The summed E-state index contributed by atoms with van der Waals surface area (Å²) in [6.07, 6.45) is 0. The summed E-state index contributed by atoms with van der Waals surface area (Å²) < 4.78 is 5.36. The van der Waals surface area contributed by atoms with Crippen molar-refractivity contribution in [2.24, 2.45) is 0 Å². The van der Waals surface area contributed by atoms with Crippen molar-refractivity contribution in [3.63, 3.8) is 0 Å². The predicted molar refractivity (Wildman–Crippen MR) is 241 cm³/mol. The van der Waals surface area contributed by atoms with Crippen LogP contribution in [0.3, 0.4) is 0 Å². The summed E-state index contributed by atoms with van der Waals surface area (Å²) in [5.41, 5.74) is 10.7. The van der Waals surface area contributed by atoms with E-state index in [1.807, 2.05) is 22.7 Å². The van der Waals surface area contributed by atoms with Gasteiger partial charge in [0.25, 0.3) is 0 Å². The molecule has 0 spiro atoms. The van der Waals surface area contributed by atoms with Crippen LogP contribution in [0.15, 0.2) is 200 Å². The van der Waals surface area contributed by atoms with Crippen molar-refractivity contribution >= 4 is 90.9 Å². The minimum Gasteiger partial charge on any atom is -0.310 e. The summed E-state index contributed by atoms with van der Waals surface area (Å²) in [6.45, 7) is 0. The Morgan fingerprint density at radius 3 is 1.56 bits per heavy atom. The van der Waals surface area contributed by atoms with Gasteiger partial charge in [-0.1, -0.05) is 146 Å². The van der Waals surface area contributed by atoms with Gasteiger partial charge in [-0.3, -0.25) is 0 Å². The highest BCUT2D eigenvalue weighted by Crippen LogP contribution is 2.43. The van der Waals surface area contributed by atoms with Crippen molar-refractivity contribution in [1.82, 2.24) is 0 Å². The smallest absolute Gasteiger partial charge is 0.0467 e. The fourth-order valence-corrected chi connectivity index (χ4v) is 10.6. The van der Waals surface area contributed by atoms with E-state index in [0.717, 1.165) is 17.1 Å². The molecule has 0 fully saturated rings. The topological polar surface area (TPSA) is 3.24 Å². The van der Waals surface area contributed by atoms with Crippen molar-refractivity contribution in [2.45, 2.75) is 0 Å². The standard InChI is InChI=1S/C52H33NS2/c1-2-10-34(11-3-1)37-12-8-13-42(33-37)53(41-28-22-36(23-29-41)43-16-9-17-47-45-14-4-6-18-49(45)54-51(43)47)40-26-20-35(21-27-40)38-24-30-44-39(32-38)25-31-48-46-15-5-7-19-50(46)55-52(44)48/h1-33H. The van der Waals surface area contributed by atoms with Gasteiger partial charge in [-0.05, 0) is 98.8 Å². The number of fused-ring (bicyclic) bond motifs is 8. The summed E-state index contributed by atoms with van der Waals surface area (Å²) in [5, 5.41) is 7.91. The van der Waals surface area contributed by atoms with Gasteiger partial charge in [0.05, 0.1) is 0 Å². The minimum atomic E-state index is 1.11. The van der Waals surface area contributed by atoms with Crippen LogP contribution in [0.4, 0.5) is 17.1 Å². The minimum absolute atomic E-state index is 1.11. The molecule has 1 nitrogen and oxygen atoms in total. The van der Waals surface area contributed by atoms with Crippen LogP contribution >= 0.6 is 22.7 Å². The van der Waals surface area contributed by atoms with Crippen molar-refractivity contribution < 1.29 is 0 Å². The molecule has 11 aromatic rings. The van der Waals surface area contributed by atoms with Gasteiger partial charge >= 0.3 is 0 Å². The highest BCUT2D eigenvalue weighted by Gasteiger charge is 2.16. The Morgan fingerprint density at radius 2 is 0.818 bits per heavy atom. The van der Waals surface area contributed by atoms with Crippen LogP contribution in [0, 0.1) is 0 Å². The second kappa shape index (κ2) is 13.1. The highest BCUT2D eigenvalue weighted by atomic mass is 32.1. The normalized spacial score (nSPS) is 11.6. The molecule has 0 atom stereocenters. The first kappa shape index (κ1) is 32.0. The highest BCUT2D eigenvalue weighted by molar-refractivity contribution is 7.27. The van der Waals surface area contributed by atoms with Crippen LogP contribution in [0.1, 0.15) is 0 Å². The van der Waals surface area contributed by atoms with Gasteiger partial charge in [0.15, 0.2) is 0 Å². The molecule has 55 heavy (non-hydrogen) atoms. The SMILES string of the molecule is c1ccc(-c2cccc(N(c3ccc(-c4ccc5c(ccc6c7ccccc7sc56)c4)cc3)c3ccc(-c4cccc5c4sc4ccccc45)cc3)c2)cc1. The number of hydrogen-bond donors (Lipinski definition) is 0. The Labute approximate surface area is 327 Å². The fourth-order valence-electron chi connectivity index (χ4n) is 8.16. The van der Waals surface area contributed by atoms with E-state index in [1.54, 1.807) is 0 Å². The van der Waals surface area contributed by atoms with Crippen LogP contribution in [0.2, 0.25) is 0 Å². The molecule has 0 radical (unpaired) electrons. The number of hydrogen-bond acceptors (Lipinski definition) is 3. The molecular formula is C52H33NS2. The monoisotopic (exact) mass is 735 g/mol. The predicted octanol–water partition coefficient (Wildman–Crippen LogP) is 16.0. The molecule has 0 aliphatic rings. The van der Waals surface area contributed by atoms with Crippen LogP contribution < -0.4 is 4.90 Å². The molecule has 0 aliphatic heterocycles. The molecule has 2 heterocycles. The van der Waals surface area contributed by atoms with E-state index in [0.29, 0.717) is 0 Å². The lowest BCUT2D eigenvalue weighted by atomic mass is 9.99. The van der Waals surface area contributed by atoms with Crippen molar-refractivity contribution in [3.8, 4) is 33.4 Å². The lowest BCUT2D eigenvalue weighted by Gasteiger charge is -2.26. The zero-order valence-corrected chi connectivity index (χ0v) is 31.4. The summed E-state index contributed by atoms with van der Waals surface area (Å²) >= 11 is 3.77. The van der Waals surface area contributed by atoms with Crippen molar-refractivity contribution in [3.05, 3.63) is 200 Å². The van der Waals surface area contributed by atoms with Gasteiger partial charge in [-0.15, -0.1) is 22.7 Å². The third kappa shape index (κ3) is 5.51. The summed E-state index contributed by atoms with van der Waals surface area (Å²) in [7, 11) is 0. The molecular weight excluding hydrogens is 703 g/mol. The first-order valence-electron chi connectivity index (χ1n) is 18.7. The Bertz CT molecular complexity index is 3190.